The van der Waals surface area contributed by atoms with Gasteiger partial charge in [-0.15, -0.1) is 0 Å². The number of hydrogen-bond acceptors (Lipinski definition) is 4. The molecule has 0 saturated carbocycles. The van der Waals surface area contributed by atoms with Crippen molar-refractivity contribution >= 4 is 29.2 Å². The Bertz CT molecular complexity index is 639. The number of benzene rings is 1. The van der Waals surface area contributed by atoms with E-state index in [1.807, 2.05) is 18.2 Å². The summed E-state index contributed by atoms with van der Waals surface area (Å²) in [6.45, 7) is 5.24. The van der Waals surface area contributed by atoms with Crippen LogP contribution in [0, 0.1) is 0 Å². The minimum atomic E-state index is -0.266. The molecular formula is C20H27Cl2NO3. The Kier molecular flexibility index (Phi) is 6.84. The second-order valence-electron chi connectivity index (χ2n) is 7.29. The molecule has 2 atom stereocenters. The van der Waals surface area contributed by atoms with Crippen LogP contribution in [0.4, 0.5) is 0 Å². The third-order valence-corrected chi connectivity index (χ3v) is 6.11. The predicted octanol–water partition coefficient (Wildman–Crippen LogP) is 4.81. The highest BCUT2D eigenvalue weighted by Crippen LogP contribution is 2.46. The van der Waals surface area contributed by atoms with Gasteiger partial charge in [0.25, 0.3) is 0 Å². The molecule has 0 aromatic heterocycles. The van der Waals surface area contributed by atoms with Gasteiger partial charge in [0.15, 0.2) is 0 Å². The number of carbonyl (C=O) groups excluding carboxylic acids is 1. The molecule has 2 bridgehead atoms. The Morgan fingerprint density at radius 3 is 2.92 bits per heavy atom. The van der Waals surface area contributed by atoms with E-state index in [4.69, 9.17) is 32.7 Å². The number of fused-ring (bicyclic) bond motifs is 2. The molecule has 2 unspecified atom stereocenters. The summed E-state index contributed by atoms with van der Waals surface area (Å²) in [5.41, 5.74) is 0.842. The van der Waals surface area contributed by atoms with E-state index in [9.17, 15) is 4.79 Å². The maximum atomic E-state index is 11.7. The van der Waals surface area contributed by atoms with Gasteiger partial charge in [0.05, 0.1) is 23.3 Å². The quantitative estimate of drug-likeness (QED) is 0.441. The zero-order valence-corrected chi connectivity index (χ0v) is 16.8. The fraction of sp³-hybridized carbons (Fsp3) is 0.650. The van der Waals surface area contributed by atoms with Gasteiger partial charge in [0.1, 0.15) is 5.60 Å². The Morgan fingerprint density at radius 1 is 1.31 bits per heavy atom. The molecule has 26 heavy (non-hydrogen) atoms. The number of rotatable bonds is 9. The monoisotopic (exact) mass is 399 g/mol. The van der Waals surface area contributed by atoms with E-state index in [1.165, 1.54) is 0 Å². The number of hydrogen-bond donors (Lipinski definition) is 0. The number of nitrogens with zero attached hydrogens (tertiary/aromatic N) is 1. The molecule has 0 aliphatic carbocycles. The molecule has 2 heterocycles. The summed E-state index contributed by atoms with van der Waals surface area (Å²) in [6.07, 6.45) is 5.36. The fourth-order valence-electron chi connectivity index (χ4n) is 3.88. The largest absolute Gasteiger partial charge is 0.466 e. The van der Waals surface area contributed by atoms with Crippen LogP contribution in [0.15, 0.2) is 18.2 Å². The molecule has 0 radical (unpaired) electrons. The van der Waals surface area contributed by atoms with Gasteiger partial charge in [-0.2, -0.15) is 0 Å². The highest BCUT2D eigenvalue weighted by Gasteiger charge is 2.51. The number of unbranched alkanes of at least 4 members (excludes halogenated alkanes) is 2. The van der Waals surface area contributed by atoms with E-state index < -0.39 is 0 Å². The number of esters is 1. The molecule has 1 aromatic carbocycles. The van der Waals surface area contributed by atoms with Crippen LogP contribution in [-0.4, -0.2) is 43.2 Å². The first-order valence-electron chi connectivity index (χ1n) is 9.53. The van der Waals surface area contributed by atoms with E-state index in [0.29, 0.717) is 29.1 Å². The van der Waals surface area contributed by atoms with Crippen molar-refractivity contribution in [3.8, 4) is 0 Å². The minimum absolute atomic E-state index is 0.0722. The van der Waals surface area contributed by atoms with Crippen LogP contribution in [0.2, 0.25) is 10.0 Å². The lowest BCUT2D eigenvalue weighted by molar-refractivity contribution is -0.143. The highest BCUT2D eigenvalue weighted by molar-refractivity contribution is 6.42. The molecule has 4 nitrogen and oxygen atoms in total. The Labute approximate surface area is 165 Å². The van der Waals surface area contributed by atoms with E-state index in [1.54, 1.807) is 0 Å². The maximum absolute atomic E-state index is 11.7. The molecular weight excluding hydrogens is 373 g/mol. The third-order valence-electron chi connectivity index (χ3n) is 5.38. The topological polar surface area (TPSA) is 38.8 Å². The predicted molar refractivity (Wildman–Crippen MR) is 104 cm³/mol. The standard InChI is InChI=1S/C20H27Cl2NO3/c1-2-3-10-25-19(24)6-4-5-9-23-14-20(12-16(23)13-26-20)15-7-8-17(21)18(22)11-15/h7-8,11,16H,2-6,9-10,12-14H2,1H3. The molecule has 0 amide bonds. The van der Waals surface area contributed by atoms with Crippen LogP contribution in [0.1, 0.15) is 51.0 Å². The van der Waals surface area contributed by atoms with Crippen molar-refractivity contribution in [2.24, 2.45) is 0 Å². The second-order valence-corrected chi connectivity index (χ2v) is 8.11. The summed E-state index contributed by atoms with van der Waals surface area (Å²) < 4.78 is 11.3. The summed E-state index contributed by atoms with van der Waals surface area (Å²) in [5, 5.41) is 1.15. The van der Waals surface area contributed by atoms with Crippen molar-refractivity contribution in [3.05, 3.63) is 33.8 Å². The first-order chi connectivity index (χ1) is 12.5. The Balaban J connectivity index is 1.45. The smallest absolute Gasteiger partial charge is 0.305 e. The molecule has 2 saturated heterocycles. The second kappa shape index (κ2) is 8.92. The first kappa shape index (κ1) is 19.9. The normalized spacial score (nSPS) is 25.0. The van der Waals surface area contributed by atoms with Gasteiger partial charge in [-0.25, -0.2) is 0 Å². The Hall–Kier alpha value is -0.810. The summed E-state index contributed by atoms with van der Waals surface area (Å²) in [5.74, 6) is -0.0722. The average molecular weight is 400 g/mol. The van der Waals surface area contributed by atoms with Crippen molar-refractivity contribution in [1.82, 2.24) is 4.90 Å². The van der Waals surface area contributed by atoms with Gasteiger partial charge in [-0.3, -0.25) is 9.69 Å². The average Bonchev–Trinajstić information content (AvgIpc) is 3.21. The van der Waals surface area contributed by atoms with E-state index in [2.05, 4.69) is 11.8 Å². The highest BCUT2D eigenvalue weighted by atomic mass is 35.5. The number of halogens is 2. The molecule has 2 fully saturated rings. The number of likely N-dealkylation sites (tertiary alicyclic amines) is 1. The van der Waals surface area contributed by atoms with Crippen LogP contribution in [0.5, 0.6) is 0 Å². The fourth-order valence-corrected chi connectivity index (χ4v) is 4.17. The molecule has 2 aliphatic rings. The van der Waals surface area contributed by atoms with Crippen molar-refractivity contribution in [2.45, 2.75) is 57.1 Å². The zero-order chi connectivity index (χ0) is 18.6. The summed E-state index contributed by atoms with van der Waals surface area (Å²) >= 11 is 12.2. The van der Waals surface area contributed by atoms with Gasteiger partial charge >= 0.3 is 5.97 Å². The van der Waals surface area contributed by atoms with Crippen molar-refractivity contribution < 1.29 is 14.3 Å². The Morgan fingerprint density at radius 2 is 2.15 bits per heavy atom. The lowest BCUT2D eigenvalue weighted by Crippen LogP contribution is -2.41. The van der Waals surface area contributed by atoms with Gasteiger partial charge in [-0.1, -0.05) is 42.6 Å². The summed E-state index contributed by atoms with van der Waals surface area (Å²) in [4.78, 5) is 14.1. The summed E-state index contributed by atoms with van der Waals surface area (Å²) in [6, 6.07) is 6.24. The number of morpholine rings is 1. The van der Waals surface area contributed by atoms with E-state index in [0.717, 1.165) is 57.4 Å². The lowest BCUT2D eigenvalue weighted by Gasteiger charge is -2.33. The van der Waals surface area contributed by atoms with Gasteiger partial charge < -0.3 is 9.47 Å². The van der Waals surface area contributed by atoms with Crippen LogP contribution >= 0.6 is 23.2 Å². The maximum Gasteiger partial charge on any atom is 0.305 e. The van der Waals surface area contributed by atoms with Crippen molar-refractivity contribution in [1.29, 1.82) is 0 Å². The first-order valence-corrected chi connectivity index (χ1v) is 10.3. The molecule has 0 spiro atoms. The zero-order valence-electron chi connectivity index (χ0n) is 15.3. The van der Waals surface area contributed by atoms with Crippen LogP contribution in [0.3, 0.4) is 0 Å². The van der Waals surface area contributed by atoms with Crippen molar-refractivity contribution in [3.63, 3.8) is 0 Å². The number of carbonyl (C=O) groups is 1. The minimum Gasteiger partial charge on any atom is -0.466 e. The van der Waals surface area contributed by atoms with Gasteiger partial charge in [0.2, 0.25) is 0 Å². The number of ether oxygens (including phenoxy) is 2. The molecule has 0 N–H and O–H groups in total. The molecule has 3 rings (SSSR count). The SMILES string of the molecule is CCCCOC(=O)CCCCN1CC2(c3ccc(Cl)c(Cl)c3)CC1CO2. The third kappa shape index (κ3) is 4.53. The van der Waals surface area contributed by atoms with Crippen molar-refractivity contribution in [2.75, 3.05) is 26.3 Å². The summed E-state index contributed by atoms with van der Waals surface area (Å²) in [7, 11) is 0. The molecule has 1 aromatic rings. The molecule has 2 aliphatic heterocycles. The van der Waals surface area contributed by atoms with Gasteiger partial charge in [-0.05, 0) is 49.9 Å². The van der Waals surface area contributed by atoms with E-state index >= 15 is 0 Å². The van der Waals surface area contributed by atoms with Crippen LogP contribution in [0.25, 0.3) is 0 Å². The molecule has 144 valence electrons. The van der Waals surface area contributed by atoms with E-state index in [-0.39, 0.29) is 11.6 Å². The lowest BCUT2D eigenvalue weighted by atomic mass is 9.93. The van der Waals surface area contributed by atoms with Crippen LogP contribution in [-0.2, 0) is 19.9 Å². The van der Waals surface area contributed by atoms with Crippen LogP contribution < -0.4 is 0 Å². The van der Waals surface area contributed by atoms with Gasteiger partial charge in [0, 0.05) is 19.0 Å². The molecule has 6 heteroatoms.